The van der Waals surface area contributed by atoms with Crippen LogP contribution in [0.25, 0.3) is 0 Å². The van der Waals surface area contributed by atoms with E-state index in [2.05, 4.69) is 5.32 Å². The van der Waals surface area contributed by atoms with Crippen molar-refractivity contribution in [2.24, 2.45) is 0 Å². The molecule has 0 aromatic heterocycles. The first-order valence-electron chi connectivity index (χ1n) is 7.75. The molecule has 2 amide bonds. The number of carbonyl (C=O) groups is 2. The van der Waals surface area contributed by atoms with Gasteiger partial charge in [0.1, 0.15) is 17.4 Å². The Balaban J connectivity index is 2.00. The number of methoxy groups -OCH3 is 1. The summed E-state index contributed by atoms with van der Waals surface area (Å²) in [7, 11) is 1.59. The highest BCUT2D eigenvalue weighted by Gasteiger charge is 2.36. The molecular formula is C17H24N2O4. The van der Waals surface area contributed by atoms with Crippen molar-refractivity contribution in [2.45, 2.75) is 45.3 Å². The Morgan fingerprint density at radius 1 is 1.22 bits per heavy atom. The van der Waals surface area contributed by atoms with Crippen LogP contribution in [0.4, 0.5) is 10.5 Å². The van der Waals surface area contributed by atoms with Crippen molar-refractivity contribution in [3.63, 3.8) is 0 Å². The fourth-order valence-electron chi connectivity index (χ4n) is 2.48. The second-order valence-corrected chi connectivity index (χ2v) is 6.55. The second kappa shape index (κ2) is 6.89. The lowest BCUT2D eigenvalue weighted by Crippen LogP contribution is -2.45. The molecule has 0 radical (unpaired) electrons. The highest BCUT2D eigenvalue weighted by atomic mass is 16.6. The number of nitrogens with one attached hydrogen (secondary N) is 1. The van der Waals surface area contributed by atoms with Gasteiger partial charge in [0.15, 0.2) is 0 Å². The first-order valence-corrected chi connectivity index (χ1v) is 7.75. The van der Waals surface area contributed by atoms with Gasteiger partial charge >= 0.3 is 6.09 Å². The van der Waals surface area contributed by atoms with Gasteiger partial charge in [-0.3, -0.25) is 9.69 Å². The zero-order chi connectivity index (χ0) is 17.0. The molecule has 1 atom stereocenters. The standard InChI is InChI=1S/C17H24N2O4/c1-17(2,3)23-16(21)19-11-5-6-14(19)15(20)18-12-7-9-13(22-4)10-8-12/h7-10,14H,5-6,11H2,1-4H3,(H,18,20)/t14-/m0/s1. The van der Waals surface area contributed by atoms with Crippen molar-refractivity contribution in [3.8, 4) is 5.75 Å². The maximum Gasteiger partial charge on any atom is 0.410 e. The molecule has 0 saturated carbocycles. The zero-order valence-electron chi connectivity index (χ0n) is 14.1. The van der Waals surface area contributed by atoms with E-state index in [0.717, 1.165) is 12.2 Å². The summed E-state index contributed by atoms with van der Waals surface area (Å²) in [6, 6.07) is 6.59. The average Bonchev–Trinajstić information content (AvgIpc) is 2.96. The van der Waals surface area contributed by atoms with Crippen LogP contribution in [-0.2, 0) is 9.53 Å². The van der Waals surface area contributed by atoms with Crippen LogP contribution in [-0.4, -0.2) is 42.2 Å². The lowest BCUT2D eigenvalue weighted by atomic mass is 10.2. The smallest absolute Gasteiger partial charge is 0.410 e. The van der Waals surface area contributed by atoms with Crippen LogP contribution < -0.4 is 10.1 Å². The minimum Gasteiger partial charge on any atom is -0.497 e. The molecule has 126 valence electrons. The number of amides is 2. The van der Waals surface area contributed by atoms with Crippen LogP contribution in [0.1, 0.15) is 33.6 Å². The van der Waals surface area contributed by atoms with Crippen molar-refractivity contribution in [1.82, 2.24) is 4.90 Å². The van der Waals surface area contributed by atoms with Gasteiger partial charge in [-0.2, -0.15) is 0 Å². The molecule has 0 bridgehead atoms. The Hall–Kier alpha value is -2.24. The van der Waals surface area contributed by atoms with Crippen LogP contribution in [0.15, 0.2) is 24.3 Å². The number of rotatable bonds is 3. The monoisotopic (exact) mass is 320 g/mol. The molecular weight excluding hydrogens is 296 g/mol. The van der Waals surface area contributed by atoms with E-state index in [0.29, 0.717) is 18.7 Å². The van der Waals surface area contributed by atoms with Gasteiger partial charge < -0.3 is 14.8 Å². The number of nitrogens with zero attached hydrogens (tertiary/aromatic N) is 1. The molecule has 1 aromatic carbocycles. The van der Waals surface area contributed by atoms with Crippen LogP contribution >= 0.6 is 0 Å². The van der Waals surface area contributed by atoms with Gasteiger partial charge in [-0.25, -0.2) is 4.79 Å². The predicted octanol–water partition coefficient (Wildman–Crippen LogP) is 3.03. The first kappa shape index (κ1) is 17.1. The maximum absolute atomic E-state index is 12.5. The first-order chi connectivity index (χ1) is 10.8. The number of ether oxygens (including phenoxy) is 2. The lowest BCUT2D eigenvalue weighted by Gasteiger charge is -2.28. The third-order valence-corrected chi connectivity index (χ3v) is 3.54. The third kappa shape index (κ3) is 4.61. The van der Waals surface area contributed by atoms with E-state index in [1.807, 2.05) is 20.8 Å². The molecule has 0 unspecified atom stereocenters. The summed E-state index contributed by atoms with van der Waals surface area (Å²) in [5.41, 5.74) is 0.100. The van der Waals surface area contributed by atoms with Gasteiger partial charge in [0.25, 0.3) is 0 Å². The Bertz CT molecular complexity index is 563. The topological polar surface area (TPSA) is 67.9 Å². The van der Waals surface area contributed by atoms with E-state index in [-0.39, 0.29) is 5.91 Å². The number of likely N-dealkylation sites (tertiary alicyclic amines) is 1. The van der Waals surface area contributed by atoms with Crippen molar-refractivity contribution in [1.29, 1.82) is 0 Å². The predicted molar refractivity (Wildman–Crippen MR) is 87.6 cm³/mol. The minimum absolute atomic E-state index is 0.196. The summed E-state index contributed by atoms with van der Waals surface area (Å²) in [5.74, 6) is 0.526. The van der Waals surface area contributed by atoms with E-state index in [1.165, 1.54) is 4.90 Å². The molecule has 0 spiro atoms. The molecule has 1 aliphatic heterocycles. The van der Waals surface area contributed by atoms with Crippen LogP contribution in [0, 0.1) is 0 Å². The van der Waals surface area contributed by atoms with Gasteiger partial charge in [0.2, 0.25) is 5.91 Å². The number of benzene rings is 1. The van der Waals surface area contributed by atoms with Crippen LogP contribution in [0.3, 0.4) is 0 Å². The van der Waals surface area contributed by atoms with Gasteiger partial charge in [0, 0.05) is 12.2 Å². The summed E-state index contributed by atoms with van der Waals surface area (Å²) in [4.78, 5) is 26.2. The molecule has 1 saturated heterocycles. The highest BCUT2D eigenvalue weighted by molar-refractivity contribution is 5.96. The van der Waals surface area contributed by atoms with Gasteiger partial charge in [-0.15, -0.1) is 0 Å². The molecule has 1 aliphatic rings. The maximum atomic E-state index is 12.5. The molecule has 6 heteroatoms. The molecule has 1 aromatic rings. The molecule has 1 fully saturated rings. The average molecular weight is 320 g/mol. The van der Waals surface area contributed by atoms with Gasteiger partial charge in [0.05, 0.1) is 7.11 Å². The molecule has 23 heavy (non-hydrogen) atoms. The highest BCUT2D eigenvalue weighted by Crippen LogP contribution is 2.23. The summed E-state index contributed by atoms with van der Waals surface area (Å²) in [6.45, 7) is 5.98. The minimum atomic E-state index is -0.573. The fourth-order valence-corrected chi connectivity index (χ4v) is 2.48. The Morgan fingerprint density at radius 3 is 2.43 bits per heavy atom. The van der Waals surface area contributed by atoms with E-state index in [9.17, 15) is 9.59 Å². The van der Waals surface area contributed by atoms with E-state index in [4.69, 9.17) is 9.47 Å². The zero-order valence-corrected chi connectivity index (χ0v) is 14.1. The summed E-state index contributed by atoms with van der Waals surface area (Å²) in [5, 5.41) is 2.84. The molecule has 2 rings (SSSR count). The van der Waals surface area contributed by atoms with Gasteiger partial charge in [-0.1, -0.05) is 0 Å². The normalized spacial score (nSPS) is 17.7. The van der Waals surface area contributed by atoms with E-state index in [1.54, 1.807) is 31.4 Å². The third-order valence-electron chi connectivity index (χ3n) is 3.54. The fraction of sp³-hybridized carbons (Fsp3) is 0.529. The largest absolute Gasteiger partial charge is 0.497 e. The summed E-state index contributed by atoms with van der Waals surface area (Å²) >= 11 is 0. The molecule has 0 aliphatic carbocycles. The number of hydrogen-bond acceptors (Lipinski definition) is 4. The van der Waals surface area contributed by atoms with Crippen molar-refractivity contribution >= 4 is 17.7 Å². The summed E-state index contributed by atoms with van der Waals surface area (Å²) < 4.78 is 10.5. The molecule has 6 nitrogen and oxygen atoms in total. The lowest BCUT2D eigenvalue weighted by molar-refractivity contribution is -0.120. The number of carbonyl (C=O) groups excluding carboxylic acids is 2. The van der Waals surface area contributed by atoms with E-state index >= 15 is 0 Å². The molecule has 1 heterocycles. The quantitative estimate of drug-likeness (QED) is 0.929. The van der Waals surface area contributed by atoms with Crippen LogP contribution in [0.5, 0.6) is 5.75 Å². The molecule has 1 N–H and O–H groups in total. The SMILES string of the molecule is COc1ccc(NC(=O)[C@@H]2CCCN2C(=O)OC(C)(C)C)cc1. The van der Waals surface area contributed by atoms with Crippen molar-refractivity contribution < 1.29 is 19.1 Å². The van der Waals surface area contributed by atoms with Gasteiger partial charge in [-0.05, 0) is 57.9 Å². The number of anilines is 1. The van der Waals surface area contributed by atoms with Crippen molar-refractivity contribution in [3.05, 3.63) is 24.3 Å². The summed E-state index contributed by atoms with van der Waals surface area (Å²) in [6.07, 6.45) is 0.992. The van der Waals surface area contributed by atoms with Crippen LogP contribution in [0.2, 0.25) is 0 Å². The van der Waals surface area contributed by atoms with Crippen molar-refractivity contribution in [2.75, 3.05) is 19.0 Å². The Kier molecular flexibility index (Phi) is 5.13. The van der Waals surface area contributed by atoms with E-state index < -0.39 is 17.7 Å². The Labute approximate surface area is 136 Å². The number of hydrogen-bond donors (Lipinski definition) is 1. The second-order valence-electron chi connectivity index (χ2n) is 6.55. The Morgan fingerprint density at radius 2 is 1.87 bits per heavy atom.